The first kappa shape index (κ1) is 16.9. The van der Waals surface area contributed by atoms with Gasteiger partial charge in [0.25, 0.3) is 10.7 Å². The van der Waals surface area contributed by atoms with E-state index < -0.39 is 0 Å². The van der Waals surface area contributed by atoms with Crippen molar-refractivity contribution >= 4 is 34.8 Å². The lowest BCUT2D eigenvalue weighted by Crippen LogP contribution is -2.48. The molecule has 0 bridgehead atoms. The summed E-state index contributed by atoms with van der Waals surface area (Å²) in [5.41, 5.74) is 1.41. The summed E-state index contributed by atoms with van der Waals surface area (Å²) >= 11 is 6.27. The Hall–Kier alpha value is -2.59. The molecule has 1 N–H and O–H groups in total. The summed E-state index contributed by atoms with van der Waals surface area (Å²) in [5, 5.41) is 7.49. The fraction of sp³-hybridized carbons (Fsp3) is 0.312. The zero-order valence-corrected chi connectivity index (χ0v) is 15.6. The van der Waals surface area contributed by atoms with E-state index in [1.165, 1.54) is 11.5 Å². The number of amides is 1. The summed E-state index contributed by atoms with van der Waals surface area (Å²) < 4.78 is 9.49. The molecule has 0 aliphatic carbocycles. The van der Waals surface area contributed by atoms with Crippen LogP contribution in [0, 0.1) is 11.8 Å². The number of hydrogen-bond acceptors (Lipinski definition) is 8. The zero-order valence-electron chi connectivity index (χ0n) is 14.0. The largest absolute Gasteiger partial charge is 0.409 e. The van der Waals surface area contributed by atoms with Gasteiger partial charge in [0.05, 0.1) is 0 Å². The molecule has 3 heterocycles. The zero-order chi connectivity index (χ0) is 18.1. The number of aryl methyl sites for hydroxylation is 1. The second kappa shape index (κ2) is 6.96. The Morgan fingerprint density at radius 3 is 2.54 bits per heavy atom. The minimum absolute atomic E-state index is 0.0209. The molecule has 10 heteroatoms. The van der Waals surface area contributed by atoms with Crippen molar-refractivity contribution in [3.63, 3.8) is 0 Å². The van der Waals surface area contributed by atoms with Crippen molar-refractivity contribution < 1.29 is 9.21 Å². The van der Waals surface area contributed by atoms with Crippen LogP contribution in [0.1, 0.15) is 16.2 Å². The Morgan fingerprint density at radius 2 is 1.96 bits per heavy atom. The van der Waals surface area contributed by atoms with Crippen LogP contribution < -0.4 is 4.90 Å². The van der Waals surface area contributed by atoms with Crippen LogP contribution in [-0.2, 0) is 0 Å². The van der Waals surface area contributed by atoms with E-state index in [-0.39, 0.29) is 10.7 Å². The molecule has 26 heavy (non-hydrogen) atoms. The molecule has 134 valence electrons. The highest BCUT2D eigenvalue weighted by Gasteiger charge is 2.24. The summed E-state index contributed by atoms with van der Waals surface area (Å²) in [6, 6.07) is 7.18. The van der Waals surface area contributed by atoms with Gasteiger partial charge in [0, 0.05) is 48.8 Å². The first-order valence-corrected chi connectivity index (χ1v) is 9.29. The number of aromatic nitrogens is 4. The molecule has 0 spiro atoms. The van der Waals surface area contributed by atoms with Gasteiger partial charge in [-0.1, -0.05) is 0 Å². The van der Waals surface area contributed by atoms with E-state index in [0.29, 0.717) is 24.5 Å². The first-order valence-electron chi connectivity index (χ1n) is 8.10. The molecule has 0 unspecified atom stereocenters. The third-order valence-electron chi connectivity index (χ3n) is 4.17. The minimum Gasteiger partial charge on any atom is -0.409 e. The molecule has 1 aliphatic heterocycles. The molecule has 3 aromatic rings. The maximum absolute atomic E-state index is 12.7. The van der Waals surface area contributed by atoms with Gasteiger partial charge in [-0.2, -0.15) is 4.37 Å². The average molecular weight is 388 g/mol. The normalized spacial score (nSPS) is 14.7. The van der Waals surface area contributed by atoms with Crippen LogP contribution in [0.25, 0.3) is 11.5 Å². The smallest absolute Gasteiger partial charge is 0.284 e. The van der Waals surface area contributed by atoms with Crippen LogP contribution in [0.5, 0.6) is 0 Å². The van der Waals surface area contributed by atoms with Gasteiger partial charge in [0.15, 0.2) is 0 Å². The van der Waals surface area contributed by atoms with Crippen molar-refractivity contribution in [3.05, 3.63) is 40.5 Å². The molecule has 1 fully saturated rings. The first-order chi connectivity index (χ1) is 12.6. The fourth-order valence-electron chi connectivity index (χ4n) is 2.81. The van der Waals surface area contributed by atoms with Crippen molar-refractivity contribution in [1.29, 1.82) is 0 Å². The van der Waals surface area contributed by atoms with Gasteiger partial charge in [-0.15, -0.1) is 5.10 Å². The molecule has 0 atom stereocenters. The average Bonchev–Trinajstić information content (AvgIpc) is 3.30. The summed E-state index contributed by atoms with van der Waals surface area (Å²) in [5.74, 6) is 1.22. The van der Waals surface area contributed by atoms with Crippen LogP contribution in [0.4, 0.5) is 5.13 Å². The molecule has 0 saturated carbocycles. The molecule has 0 radical (unpaired) electrons. The van der Waals surface area contributed by atoms with Crippen LogP contribution in [0.15, 0.2) is 28.7 Å². The van der Waals surface area contributed by atoms with Gasteiger partial charge >= 0.3 is 0 Å². The highest BCUT2D eigenvalue weighted by atomic mass is 32.1. The number of H-pyrrole nitrogens is 1. The van der Waals surface area contributed by atoms with Crippen LogP contribution in [0.3, 0.4) is 0 Å². The number of rotatable bonds is 3. The molecule has 8 nitrogen and oxygen atoms in total. The third kappa shape index (κ3) is 3.37. The molecular weight excluding hydrogens is 372 g/mol. The van der Waals surface area contributed by atoms with Crippen molar-refractivity contribution in [1.82, 2.24) is 24.5 Å². The number of carbonyl (C=O) groups excluding carboxylic acids is 1. The van der Waals surface area contributed by atoms with Crippen molar-refractivity contribution in [2.45, 2.75) is 6.92 Å². The van der Waals surface area contributed by atoms with Gasteiger partial charge in [0.1, 0.15) is 5.82 Å². The fourth-order valence-corrected chi connectivity index (χ4v) is 3.66. The van der Waals surface area contributed by atoms with Crippen molar-refractivity contribution in [3.8, 4) is 11.5 Å². The monoisotopic (exact) mass is 388 g/mol. The molecule has 4 rings (SSSR count). The van der Waals surface area contributed by atoms with E-state index in [9.17, 15) is 4.79 Å². The van der Waals surface area contributed by atoms with Crippen LogP contribution in [-0.4, -0.2) is 56.5 Å². The Balaban J connectivity index is 1.41. The Labute approximate surface area is 158 Å². The molecule has 1 amide bonds. The van der Waals surface area contributed by atoms with Crippen molar-refractivity contribution in [2.75, 3.05) is 31.1 Å². The SMILES string of the molecule is Cc1nsc(N2CCN(C(=O)c3ccc(-c4n[nH]c(=S)o4)cc3)CC2)n1. The quantitative estimate of drug-likeness (QED) is 0.689. The number of anilines is 1. The Bertz CT molecular complexity index is 969. The number of piperazine rings is 1. The Morgan fingerprint density at radius 1 is 1.23 bits per heavy atom. The predicted octanol–water partition coefficient (Wildman–Crippen LogP) is 2.52. The highest BCUT2D eigenvalue weighted by Crippen LogP contribution is 2.21. The van der Waals surface area contributed by atoms with E-state index in [0.717, 1.165) is 29.6 Å². The maximum atomic E-state index is 12.7. The molecular formula is C16H16N6O2S2. The number of aromatic amines is 1. The van der Waals surface area contributed by atoms with E-state index in [4.69, 9.17) is 16.6 Å². The van der Waals surface area contributed by atoms with Gasteiger partial charge in [-0.3, -0.25) is 4.79 Å². The summed E-state index contributed by atoms with van der Waals surface area (Å²) in [4.78, 5) is 21.4. The molecule has 1 aromatic carbocycles. The van der Waals surface area contributed by atoms with E-state index in [2.05, 4.69) is 24.5 Å². The minimum atomic E-state index is 0.0209. The number of hydrogen-bond donors (Lipinski definition) is 1. The highest BCUT2D eigenvalue weighted by molar-refractivity contribution is 7.71. The van der Waals surface area contributed by atoms with E-state index in [1.807, 2.05) is 24.0 Å². The number of carbonyl (C=O) groups is 1. The number of benzene rings is 1. The third-order valence-corrected chi connectivity index (χ3v) is 5.21. The second-order valence-electron chi connectivity index (χ2n) is 5.90. The number of nitrogens with zero attached hydrogens (tertiary/aromatic N) is 5. The molecule has 2 aromatic heterocycles. The van der Waals surface area contributed by atoms with Gasteiger partial charge in [-0.25, -0.2) is 10.1 Å². The molecule has 1 saturated heterocycles. The second-order valence-corrected chi connectivity index (χ2v) is 7.00. The summed E-state index contributed by atoms with van der Waals surface area (Å²) in [7, 11) is 0. The van der Waals surface area contributed by atoms with Gasteiger partial charge in [-0.05, 0) is 43.4 Å². The van der Waals surface area contributed by atoms with Crippen LogP contribution >= 0.6 is 23.8 Å². The standard InChI is InChI=1S/C16H16N6O2S2/c1-10-17-15(26-20-10)22-8-6-21(7-9-22)14(23)12-4-2-11(3-5-12)13-18-19-16(25)24-13/h2-5H,6-9H2,1H3,(H,19,25). The van der Waals surface area contributed by atoms with Crippen LogP contribution in [0.2, 0.25) is 0 Å². The maximum Gasteiger partial charge on any atom is 0.284 e. The van der Waals surface area contributed by atoms with Gasteiger partial charge < -0.3 is 14.2 Å². The van der Waals surface area contributed by atoms with Gasteiger partial charge in [0.2, 0.25) is 11.0 Å². The predicted molar refractivity (Wildman–Crippen MR) is 99.9 cm³/mol. The topological polar surface area (TPSA) is 91.2 Å². The molecule has 1 aliphatic rings. The van der Waals surface area contributed by atoms with E-state index >= 15 is 0 Å². The number of nitrogens with one attached hydrogen (secondary N) is 1. The lowest BCUT2D eigenvalue weighted by Gasteiger charge is -2.34. The summed E-state index contributed by atoms with van der Waals surface area (Å²) in [6.07, 6.45) is 0. The van der Waals surface area contributed by atoms with Crippen molar-refractivity contribution in [2.24, 2.45) is 0 Å². The lowest BCUT2D eigenvalue weighted by atomic mass is 10.1. The lowest BCUT2D eigenvalue weighted by molar-refractivity contribution is 0.0747. The Kier molecular flexibility index (Phi) is 4.51. The van der Waals surface area contributed by atoms with E-state index in [1.54, 1.807) is 12.1 Å². The summed E-state index contributed by atoms with van der Waals surface area (Å²) in [6.45, 7) is 4.72.